The molecule has 0 N–H and O–H groups in total. The predicted molar refractivity (Wildman–Crippen MR) is 47.8 cm³/mol. The molecule has 1 aliphatic heterocycles. The third-order valence-corrected chi connectivity index (χ3v) is 4.17. The van der Waals surface area contributed by atoms with Crippen molar-refractivity contribution < 1.29 is 13.2 Å². The van der Waals surface area contributed by atoms with Gasteiger partial charge >= 0.3 is 0 Å². The topological polar surface area (TPSA) is 43.4 Å². The van der Waals surface area contributed by atoms with Crippen LogP contribution in [0.3, 0.4) is 0 Å². The van der Waals surface area contributed by atoms with Gasteiger partial charge in [-0.1, -0.05) is 0 Å². The highest BCUT2D eigenvalue weighted by atomic mass is 35.7. The molecule has 0 aromatic rings. The molecular weight excluding hydrogens is 200 g/mol. The van der Waals surface area contributed by atoms with Gasteiger partial charge in [0.2, 0.25) is 9.05 Å². The van der Waals surface area contributed by atoms with Gasteiger partial charge in [-0.25, -0.2) is 8.42 Å². The van der Waals surface area contributed by atoms with Crippen LogP contribution >= 0.6 is 10.7 Å². The van der Waals surface area contributed by atoms with Gasteiger partial charge in [-0.05, 0) is 26.2 Å². The summed E-state index contributed by atoms with van der Waals surface area (Å²) in [4.78, 5) is 0. The first-order valence-corrected chi connectivity index (χ1v) is 6.42. The lowest BCUT2D eigenvalue weighted by molar-refractivity contribution is 0.104. The Balaban J connectivity index is 2.40. The molecule has 0 aliphatic carbocycles. The van der Waals surface area contributed by atoms with E-state index in [2.05, 4.69) is 0 Å². The van der Waals surface area contributed by atoms with E-state index < -0.39 is 14.3 Å². The van der Waals surface area contributed by atoms with E-state index in [1.54, 1.807) is 6.92 Å². The Hall–Kier alpha value is 0.200. The van der Waals surface area contributed by atoms with Crippen molar-refractivity contribution >= 4 is 19.7 Å². The van der Waals surface area contributed by atoms with Crippen molar-refractivity contribution in [1.82, 2.24) is 0 Å². The van der Waals surface area contributed by atoms with Crippen molar-refractivity contribution in [2.45, 2.75) is 37.5 Å². The van der Waals surface area contributed by atoms with E-state index in [0.29, 0.717) is 6.42 Å². The van der Waals surface area contributed by atoms with Crippen molar-refractivity contribution in [3.63, 3.8) is 0 Å². The maximum atomic E-state index is 10.8. The molecule has 1 heterocycles. The van der Waals surface area contributed by atoms with Crippen LogP contribution in [0.25, 0.3) is 0 Å². The summed E-state index contributed by atoms with van der Waals surface area (Å²) in [6.45, 7) is 2.36. The van der Waals surface area contributed by atoms with Crippen LogP contribution in [0.15, 0.2) is 0 Å². The van der Waals surface area contributed by atoms with Gasteiger partial charge in [0.15, 0.2) is 0 Å². The maximum Gasteiger partial charge on any atom is 0.235 e. The summed E-state index contributed by atoms with van der Waals surface area (Å²) < 4.78 is 27.0. The van der Waals surface area contributed by atoms with Crippen LogP contribution in [0.5, 0.6) is 0 Å². The zero-order chi connectivity index (χ0) is 9.19. The van der Waals surface area contributed by atoms with E-state index in [1.165, 1.54) is 0 Å². The Labute approximate surface area is 77.5 Å². The van der Waals surface area contributed by atoms with E-state index in [9.17, 15) is 8.42 Å². The summed E-state index contributed by atoms with van der Waals surface area (Å²) in [5, 5.41) is -0.498. The van der Waals surface area contributed by atoms with Gasteiger partial charge in [0.05, 0.1) is 11.4 Å². The van der Waals surface area contributed by atoms with E-state index in [-0.39, 0.29) is 6.10 Å². The van der Waals surface area contributed by atoms with Crippen molar-refractivity contribution in [1.29, 1.82) is 0 Å². The minimum atomic E-state index is -3.40. The second kappa shape index (κ2) is 3.94. The van der Waals surface area contributed by atoms with Crippen molar-refractivity contribution in [3.05, 3.63) is 0 Å². The lowest BCUT2D eigenvalue weighted by atomic mass is 10.1. The van der Waals surface area contributed by atoms with Crippen molar-refractivity contribution in [3.8, 4) is 0 Å². The van der Waals surface area contributed by atoms with Gasteiger partial charge < -0.3 is 4.74 Å². The summed E-state index contributed by atoms with van der Waals surface area (Å²) >= 11 is 0. The number of rotatable bonds is 3. The molecule has 0 bridgehead atoms. The maximum absolute atomic E-state index is 10.8. The summed E-state index contributed by atoms with van der Waals surface area (Å²) in [5.74, 6) is 0. The predicted octanol–water partition coefficient (Wildman–Crippen LogP) is 1.51. The molecule has 1 fully saturated rings. The highest BCUT2D eigenvalue weighted by Gasteiger charge is 2.24. The number of ether oxygens (including phenoxy) is 1. The van der Waals surface area contributed by atoms with Crippen LogP contribution in [0.1, 0.15) is 26.2 Å². The molecule has 1 rings (SSSR count). The Bertz CT molecular complexity index is 231. The second-order valence-corrected chi connectivity index (χ2v) is 6.20. The lowest BCUT2D eigenvalue weighted by Crippen LogP contribution is -2.19. The molecule has 0 radical (unpaired) electrons. The van der Waals surface area contributed by atoms with Crippen LogP contribution in [-0.4, -0.2) is 26.4 Å². The fourth-order valence-corrected chi connectivity index (χ4v) is 1.98. The molecule has 0 aromatic carbocycles. The molecule has 5 heteroatoms. The SMILES string of the molecule is CC(CC1CCCO1)S(=O)(=O)Cl. The van der Waals surface area contributed by atoms with Crippen LogP contribution in [-0.2, 0) is 13.8 Å². The summed E-state index contributed by atoms with van der Waals surface area (Å²) in [5.41, 5.74) is 0. The summed E-state index contributed by atoms with van der Waals surface area (Å²) in [6, 6.07) is 0. The quantitative estimate of drug-likeness (QED) is 0.667. The number of hydrogen-bond acceptors (Lipinski definition) is 3. The van der Waals surface area contributed by atoms with E-state index in [4.69, 9.17) is 15.4 Å². The zero-order valence-electron chi connectivity index (χ0n) is 6.99. The van der Waals surface area contributed by atoms with Gasteiger partial charge in [-0.2, -0.15) is 0 Å². The average Bonchev–Trinajstić information content (AvgIpc) is 2.37. The Morgan fingerprint density at radius 2 is 2.33 bits per heavy atom. The molecule has 0 saturated carbocycles. The number of hydrogen-bond donors (Lipinski definition) is 0. The largest absolute Gasteiger partial charge is 0.378 e. The minimum absolute atomic E-state index is 0.0912. The Morgan fingerprint density at radius 1 is 1.67 bits per heavy atom. The van der Waals surface area contributed by atoms with Gasteiger partial charge in [0, 0.05) is 17.3 Å². The molecule has 2 atom stereocenters. The molecule has 72 valence electrons. The fraction of sp³-hybridized carbons (Fsp3) is 1.00. The molecule has 12 heavy (non-hydrogen) atoms. The van der Waals surface area contributed by atoms with Crippen LogP contribution < -0.4 is 0 Å². The standard InChI is InChI=1S/C7H13ClO3S/c1-6(12(8,9)10)5-7-3-2-4-11-7/h6-7H,2-5H2,1H3. The van der Waals surface area contributed by atoms with E-state index >= 15 is 0 Å². The normalized spacial score (nSPS) is 27.3. The first kappa shape index (κ1) is 10.3. The van der Waals surface area contributed by atoms with Crippen molar-refractivity contribution in [2.75, 3.05) is 6.61 Å². The Kier molecular flexibility index (Phi) is 3.37. The summed E-state index contributed by atoms with van der Waals surface area (Å²) in [6.07, 6.45) is 2.59. The van der Waals surface area contributed by atoms with Gasteiger partial charge in [0.25, 0.3) is 0 Å². The molecular formula is C7H13ClO3S. The summed E-state index contributed by atoms with van der Waals surface area (Å²) in [7, 11) is 1.78. The average molecular weight is 213 g/mol. The second-order valence-electron chi connectivity index (χ2n) is 3.16. The molecule has 0 amide bonds. The van der Waals surface area contributed by atoms with E-state index in [1.807, 2.05) is 0 Å². The highest BCUT2D eigenvalue weighted by Crippen LogP contribution is 2.21. The molecule has 1 aliphatic rings. The van der Waals surface area contributed by atoms with Crippen molar-refractivity contribution in [2.24, 2.45) is 0 Å². The third kappa shape index (κ3) is 2.92. The molecule has 3 nitrogen and oxygen atoms in total. The highest BCUT2D eigenvalue weighted by molar-refractivity contribution is 8.14. The van der Waals surface area contributed by atoms with Crippen LogP contribution in [0.4, 0.5) is 0 Å². The molecule has 0 spiro atoms. The van der Waals surface area contributed by atoms with Crippen LogP contribution in [0, 0.1) is 0 Å². The number of halogens is 1. The minimum Gasteiger partial charge on any atom is -0.378 e. The molecule has 0 aromatic heterocycles. The smallest absolute Gasteiger partial charge is 0.235 e. The van der Waals surface area contributed by atoms with Gasteiger partial charge in [-0.3, -0.25) is 0 Å². The first-order valence-electron chi connectivity index (χ1n) is 4.05. The first-order chi connectivity index (χ1) is 5.50. The fourth-order valence-electron chi connectivity index (χ4n) is 1.32. The molecule has 1 saturated heterocycles. The lowest BCUT2D eigenvalue weighted by Gasteiger charge is -2.12. The van der Waals surface area contributed by atoms with Gasteiger partial charge in [0.1, 0.15) is 0 Å². The Morgan fingerprint density at radius 3 is 2.75 bits per heavy atom. The van der Waals surface area contributed by atoms with E-state index in [0.717, 1.165) is 19.4 Å². The monoisotopic (exact) mass is 212 g/mol. The zero-order valence-corrected chi connectivity index (χ0v) is 8.57. The van der Waals surface area contributed by atoms with Crippen LogP contribution in [0.2, 0.25) is 0 Å². The third-order valence-electron chi connectivity index (χ3n) is 2.10. The molecule has 2 unspecified atom stereocenters. The van der Waals surface area contributed by atoms with Gasteiger partial charge in [-0.15, -0.1) is 0 Å².